The first-order valence-corrected chi connectivity index (χ1v) is 11.0. The fourth-order valence-electron chi connectivity index (χ4n) is 4.48. The second-order valence-corrected chi connectivity index (χ2v) is 8.51. The molecule has 1 fully saturated rings. The molecule has 0 saturated carbocycles. The standard InChI is InChI=1S/C26H22F3N3O3/c1-14-12-31(13-30-14)22-5-4-16(8-23(22)34-3)9-24-26(33)32-20(15(2)35-24)6-7-21(32)17-10-18(27)25(29)19(28)11-17/h4-5,7-13,15,20H,6H2,1-3H3/t15-,20-/m1/s1. The number of hydrogen-bond donors (Lipinski definition) is 0. The molecule has 0 N–H and O–H groups in total. The zero-order valence-electron chi connectivity index (χ0n) is 19.3. The highest BCUT2D eigenvalue weighted by atomic mass is 19.2. The minimum atomic E-state index is -1.55. The number of carbonyl (C=O) groups excluding carboxylic acids is 1. The molecular weight excluding hydrogens is 459 g/mol. The Hall–Kier alpha value is -4.01. The Morgan fingerprint density at radius 2 is 1.91 bits per heavy atom. The van der Waals surface area contributed by atoms with Gasteiger partial charge in [0.15, 0.2) is 23.2 Å². The van der Waals surface area contributed by atoms with Crippen molar-refractivity contribution in [3.05, 3.63) is 89.0 Å². The quantitative estimate of drug-likeness (QED) is 0.389. The van der Waals surface area contributed by atoms with Gasteiger partial charge in [0.05, 0.1) is 30.9 Å². The maximum atomic E-state index is 13.9. The molecule has 2 atom stereocenters. The number of rotatable bonds is 4. The predicted octanol–water partition coefficient (Wildman–Crippen LogP) is 5.01. The van der Waals surface area contributed by atoms with Crippen LogP contribution < -0.4 is 4.74 Å². The fourth-order valence-corrected chi connectivity index (χ4v) is 4.48. The highest BCUT2D eigenvalue weighted by molar-refractivity contribution is 6.02. The van der Waals surface area contributed by atoms with E-state index in [9.17, 15) is 18.0 Å². The summed E-state index contributed by atoms with van der Waals surface area (Å²) in [6, 6.07) is 6.88. The van der Waals surface area contributed by atoms with E-state index in [1.807, 2.05) is 36.7 Å². The van der Waals surface area contributed by atoms with Gasteiger partial charge in [0.2, 0.25) is 0 Å². The topological polar surface area (TPSA) is 56.6 Å². The van der Waals surface area contributed by atoms with Crippen molar-refractivity contribution in [1.82, 2.24) is 14.5 Å². The largest absolute Gasteiger partial charge is 0.495 e. The third-order valence-electron chi connectivity index (χ3n) is 6.20. The van der Waals surface area contributed by atoms with Gasteiger partial charge in [0.1, 0.15) is 11.9 Å². The van der Waals surface area contributed by atoms with Gasteiger partial charge in [-0.05, 0) is 56.2 Å². The van der Waals surface area contributed by atoms with Crippen LogP contribution in [0, 0.1) is 24.4 Å². The lowest BCUT2D eigenvalue weighted by Gasteiger charge is -2.38. The van der Waals surface area contributed by atoms with Crippen molar-refractivity contribution in [3.8, 4) is 11.4 Å². The normalized spacial score (nSPS) is 20.6. The third kappa shape index (κ3) is 3.96. The summed E-state index contributed by atoms with van der Waals surface area (Å²) in [5.41, 5.74) is 2.72. The van der Waals surface area contributed by atoms with Crippen molar-refractivity contribution in [2.75, 3.05) is 7.11 Å². The van der Waals surface area contributed by atoms with Crippen molar-refractivity contribution in [2.45, 2.75) is 32.4 Å². The number of aryl methyl sites for hydroxylation is 1. The maximum Gasteiger partial charge on any atom is 0.293 e. The van der Waals surface area contributed by atoms with E-state index in [4.69, 9.17) is 9.47 Å². The zero-order chi connectivity index (χ0) is 24.9. The van der Waals surface area contributed by atoms with Crippen LogP contribution in [0.5, 0.6) is 5.75 Å². The fraction of sp³-hybridized carbons (Fsp3) is 0.231. The van der Waals surface area contributed by atoms with Gasteiger partial charge in [0, 0.05) is 17.5 Å². The molecule has 0 bridgehead atoms. The Morgan fingerprint density at radius 1 is 1.17 bits per heavy atom. The molecule has 6 nitrogen and oxygen atoms in total. The van der Waals surface area contributed by atoms with Crippen LogP contribution in [0.4, 0.5) is 13.2 Å². The second kappa shape index (κ2) is 8.65. The molecule has 2 aliphatic heterocycles. The Labute approximate surface area is 199 Å². The molecule has 1 aromatic heterocycles. The SMILES string of the molecule is COc1cc(C=C2O[C@H](C)[C@H]3CC=C(c4cc(F)c(F)c(F)c4)N3C2=O)ccc1-n1cnc(C)c1. The summed E-state index contributed by atoms with van der Waals surface area (Å²) < 4.78 is 54.6. The number of fused-ring (bicyclic) bond motifs is 1. The molecule has 2 aliphatic rings. The summed E-state index contributed by atoms with van der Waals surface area (Å²) >= 11 is 0. The lowest BCUT2D eigenvalue weighted by Crippen LogP contribution is -2.48. The van der Waals surface area contributed by atoms with Crippen LogP contribution in [0.15, 0.2) is 54.7 Å². The molecule has 0 aliphatic carbocycles. The minimum absolute atomic E-state index is 0.0814. The van der Waals surface area contributed by atoms with E-state index in [-0.39, 0.29) is 23.5 Å². The van der Waals surface area contributed by atoms with Crippen LogP contribution in [-0.2, 0) is 9.53 Å². The molecule has 35 heavy (non-hydrogen) atoms. The number of imidazole rings is 1. The second-order valence-electron chi connectivity index (χ2n) is 8.51. The Balaban J connectivity index is 1.48. The Kier molecular flexibility index (Phi) is 5.62. The molecule has 9 heteroatoms. The van der Waals surface area contributed by atoms with Gasteiger partial charge >= 0.3 is 0 Å². The van der Waals surface area contributed by atoms with E-state index in [1.54, 1.807) is 31.7 Å². The number of morpholine rings is 1. The monoisotopic (exact) mass is 481 g/mol. The minimum Gasteiger partial charge on any atom is -0.495 e. The first-order valence-electron chi connectivity index (χ1n) is 11.0. The molecule has 3 heterocycles. The molecule has 0 spiro atoms. The molecule has 2 aromatic carbocycles. The molecular formula is C26H22F3N3O3. The Bertz CT molecular complexity index is 1370. The van der Waals surface area contributed by atoms with E-state index in [1.165, 1.54) is 4.90 Å². The number of halogens is 3. The smallest absolute Gasteiger partial charge is 0.293 e. The molecule has 5 rings (SSSR count). The maximum absolute atomic E-state index is 13.9. The summed E-state index contributed by atoms with van der Waals surface area (Å²) in [5.74, 6) is -3.96. The Morgan fingerprint density at radius 3 is 2.57 bits per heavy atom. The molecule has 180 valence electrons. The van der Waals surface area contributed by atoms with Gasteiger partial charge in [0.25, 0.3) is 5.91 Å². The van der Waals surface area contributed by atoms with E-state index in [2.05, 4.69) is 4.98 Å². The molecule has 0 unspecified atom stereocenters. The van der Waals surface area contributed by atoms with Crippen LogP contribution >= 0.6 is 0 Å². The predicted molar refractivity (Wildman–Crippen MR) is 123 cm³/mol. The summed E-state index contributed by atoms with van der Waals surface area (Å²) in [5, 5.41) is 0. The van der Waals surface area contributed by atoms with Gasteiger partial charge in [-0.25, -0.2) is 18.2 Å². The number of benzene rings is 2. The first kappa shape index (κ1) is 22.8. The van der Waals surface area contributed by atoms with E-state index in [0.717, 1.165) is 23.5 Å². The molecule has 1 amide bonds. The summed E-state index contributed by atoms with van der Waals surface area (Å²) in [7, 11) is 1.55. The highest BCUT2D eigenvalue weighted by Crippen LogP contribution is 2.39. The number of hydrogen-bond acceptors (Lipinski definition) is 4. The van der Waals surface area contributed by atoms with Gasteiger partial charge in [-0.3, -0.25) is 9.69 Å². The van der Waals surface area contributed by atoms with Crippen LogP contribution in [0.1, 0.15) is 30.2 Å². The summed E-state index contributed by atoms with van der Waals surface area (Å²) in [6.07, 6.45) is 6.93. The van der Waals surface area contributed by atoms with Gasteiger partial charge in [-0.15, -0.1) is 0 Å². The molecule has 3 aromatic rings. The van der Waals surface area contributed by atoms with Gasteiger partial charge in [-0.1, -0.05) is 12.1 Å². The van der Waals surface area contributed by atoms with Crippen LogP contribution in [-0.4, -0.2) is 39.6 Å². The number of nitrogens with zero attached hydrogens (tertiary/aromatic N) is 3. The zero-order valence-corrected chi connectivity index (χ0v) is 19.3. The van der Waals surface area contributed by atoms with Crippen molar-refractivity contribution in [3.63, 3.8) is 0 Å². The van der Waals surface area contributed by atoms with E-state index >= 15 is 0 Å². The summed E-state index contributed by atoms with van der Waals surface area (Å²) in [4.78, 5) is 19.1. The highest BCUT2D eigenvalue weighted by Gasteiger charge is 2.43. The third-order valence-corrected chi connectivity index (χ3v) is 6.20. The average Bonchev–Trinajstić information content (AvgIpc) is 3.47. The average molecular weight is 481 g/mol. The van der Waals surface area contributed by atoms with Crippen molar-refractivity contribution in [2.24, 2.45) is 0 Å². The summed E-state index contributed by atoms with van der Waals surface area (Å²) in [6.45, 7) is 3.71. The van der Waals surface area contributed by atoms with Crippen LogP contribution in [0.3, 0.4) is 0 Å². The number of ether oxygens (including phenoxy) is 2. The van der Waals surface area contributed by atoms with Crippen molar-refractivity contribution < 1.29 is 27.4 Å². The van der Waals surface area contributed by atoms with Gasteiger partial charge in [-0.2, -0.15) is 0 Å². The van der Waals surface area contributed by atoms with E-state index in [0.29, 0.717) is 23.4 Å². The number of aromatic nitrogens is 2. The van der Waals surface area contributed by atoms with Crippen molar-refractivity contribution in [1.29, 1.82) is 0 Å². The van der Waals surface area contributed by atoms with Crippen molar-refractivity contribution >= 4 is 17.7 Å². The van der Waals surface area contributed by atoms with Gasteiger partial charge < -0.3 is 14.0 Å². The lowest BCUT2D eigenvalue weighted by molar-refractivity contribution is -0.138. The van der Waals surface area contributed by atoms with E-state index < -0.39 is 23.4 Å². The number of methoxy groups -OCH3 is 1. The first-order chi connectivity index (χ1) is 16.8. The molecule has 0 radical (unpaired) electrons. The number of carbonyl (C=O) groups is 1. The van der Waals surface area contributed by atoms with Crippen LogP contribution in [0.25, 0.3) is 17.5 Å². The molecule has 1 saturated heterocycles. The number of amides is 1. The van der Waals surface area contributed by atoms with Crippen LogP contribution in [0.2, 0.25) is 0 Å². The lowest BCUT2D eigenvalue weighted by atomic mass is 10.1.